The van der Waals surface area contributed by atoms with Crippen molar-refractivity contribution in [3.8, 4) is 0 Å². The zero-order chi connectivity index (χ0) is 14.9. The van der Waals surface area contributed by atoms with E-state index >= 15 is 0 Å². The lowest BCUT2D eigenvalue weighted by atomic mass is 9.89. The van der Waals surface area contributed by atoms with Crippen LogP contribution in [0.15, 0.2) is 12.1 Å². The zero-order valence-corrected chi connectivity index (χ0v) is 11.0. The summed E-state index contributed by atoms with van der Waals surface area (Å²) < 4.78 is 43.3. The molecule has 0 amide bonds. The first kappa shape index (κ1) is 15.2. The standard InChI is InChI=1S/C13H17F3N2O2/c1-7(19)6-20-10-4-3-9-8(12(10)17)2-5-11(18-9)13(14,15)16/h2,5,7,10,12,19H,3-4,6,17H2,1H3/t7-,10-,12+/m0/s1. The molecule has 0 aliphatic heterocycles. The molecule has 4 nitrogen and oxygen atoms in total. The Labute approximate surface area is 114 Å². The van der Waals surface area contributed by atoms with Gasteiger partial charge in [0.1, 0.15) is 5.69 Å². The van der Waals surface area contributed by atoms with Gasteiger partial charge in [-0.1, -0.05) is 6.07 Å². The second-order valence-electron chi connectivity index (χ2n) is 5.02. The van der Waals surface area contributed by atoms with Crippen LogP contribution in [0.2, 0.25) is 0 Å². The molecule has 1 aliphatic rings. The molecule has 0 bridgehead atoms. The maximum Gasteiger partial charge on any atom is 0.433 e. The minimum Gasteiger partial charge on any atom is -0.391 e. The number of aryl methyl sites for hydroxylation is 1. The van der Waals surface area contributed by atoms with Crippen LogP contribution >= 0.6 is 0 Å². The summed E-state index contributed by atoms with van der Waals surface area (Å²) in [7, 11) is 0. The van der Waals surface area contributed by atoms with Gasteiger partial charge in [0.05, 0.1) is 24.9 Å². The highest BCUT2D eigenvalue weighted by atomic mass is 19.4. The highest BCUT2D eigenvalue weighted by molar-refractivity contribution is 5.30. The number of aliphatic hydroxyl groups excluding tert-OH is 1. The Kier molecular flexibility index (Phi) is 4.31. The summed E-state index contributed by atoms with van der Waals surface area (Å²) in [6, 6.07) is 1.79. The fourth-order valence-electron chi connectivity index (χ4n) is 2.28. The number of aliphatic hydroxyl groups is 1. The molecule has 0 saturated carbocycles. The van der Waals surface area contributed by atoms with Crippen LogP contribution in [0.3, 0.4) is 0 Å². The third kappa shape index (κ3) is 3.28. The van der Waals surface area contributed by atoms with Crippen molar-refractivity contribution in [2.24, 2.45) is 5.73 Å². The molecule has 0 aromatic carbocycles. The molecular weight excluding hydrogens is 273 g/mol. The topological polar surface area (TPSA) is 68.4 Å². The summed E-state index contributed by atoms with van der Waals surface area (Å²) in [5.74, 6) is 0. The van der Waals surface area contributed by atoms with Gasteiger partial charge in [0.15, 0.2) is 0 Å². The Balaban J connectivity index is 2.17. The smallest absolute Gasteiger partial charge is 0.391 e. The van der Waals surface area contributed by atoms with Gasteiger partial charge in [0, 0.05) is 5.69 Å². The first-order chi connectivity index (χ1) is 9.29. The van der Waals surface area contributed by atoms with Gasteiger partial charge in [-0.3, -0.25) is 0 Å². The number of fused-ring (bicyclic) bond motifs is 1. The van der Waals surface area contributed by atoms with Gasteiger partial charge in [-0.25, -0.2) is 4.98 Å². The largest absolute Gasteiger partial charge is 0.433 e. The summed E-state index contributed by atoms with van der Waals surface area (Å²) >= 11 is 0. The van der Waals surface area contributed by atoms with E-state index in [0.29, 0.717) is 24.1 Å². The van der Waals surface area contributed by atoms with E-state index in [1.807, 2.05) is 0 Å². The van der Waals surface area contributed by atoms with Crippen LogP contribution in [0, 0.1) is 0 Å². The number of hydrogen-bond donors (Lipinski definition) is 2. The van der Waals surface area contributed by atoms with Crippen LogP contribution in [0.25, 0.3) is 0 Å². The van der Waals surface area contributed by atoms with Crippen LogP contribution < -0.4 is 5.73 Å². The molecule has 0 radical (unpaired) electrons. The maximum absolute atomic E-state index is 12.6. The van der Waals surface area contributed by atoms with Crippen LogP contribution in [-0.2, 0) is 17.3 Å². The lowest BCUT2D eigenvalue weighted by Crippen LogP contribution is -2.36. The molecule has 1 aromatic rings. The Morgan fingerprint density at radius 2 is 2.20 bits per heavy atom. The lowest BCUT2D eigenvalue weighted by molar-refractivity contribution is -0.141. The molecule has 1 heterocycles. The molecule has 1 aliphatic carbocycles. The van der Waals surface area contributed by atoms with Crippen LogP contribution in [-0.4, -0.2) is 28.9 Å². The summed E-state index contributed by atoms with van der Waals surface area (Å²) in [6.07, 6.45) is -4.48. The highest BCUT2D eigenvalue weighted by Gasteiger charge is 2.35. The molecule has 0 fully saturated rings. The molecule has 112 valence electrons. The Bertz CT molecular complexity index is 477. The van der Waals surface area contributed by atoms with E-state index < -0.39 is 24.0 Å². The van der Waals surface area contributed by atoms with E-state index in [9.17, 15) is 18.3 Å². The number of hydrogen-bond acceptors (Lipinski definition) is 4. The molecule has 3 N–H and O–H groups in total. The van der Waals surface area contributed by atoms with Crippen molar-refractivity contribution >= 4 is 0 Å². The number of aromatic nitrogens is 1. The molecule has 0 unspecified atom stereocenters. The quantitative estimate of drug-likeness (QED) is 0.891. The number of pyridine rings is 1. The second-order valence-corrected chi connectivity index (χ2v) is 5.02. The Hall–Kier alpha value is -1.18. The summed E-state index contributed by atoms with van der Waals surface area (Å²) in [4.78, 5) is 3.65. The normalized spacial score (nSPS) is 24.3. The summed E-state index contributed by atoms with van der Waals surface area (Å²) in [5.41, 5.74) is 6.07. The van der Waals surface area contributed by atoms with Crippen molar-refractivity contribution in [1.82, 2.24) is 4.98 Å². The second kappa shape index (κ2) is 5.67. The van der Waals surface area contributed by atoms with Crippen molar-refractivity contribution < 1.29 is 23.0 Å². The molecule has 2 rings (SSSR count). The van der Waals surface area contributed by atoms with Crippen LogP contribution in [0.5, 0.6) is 0 Å². The summed E-state index contributed by atoms with van der Waals surface area (Å²) in [6.45, 7) is 1.75. The molecule has 0 saturated heterocycles. The van der Waals surface area contributed by atoms with Crippen molar-refractivity contribution in [2.75, 3.05) is 6.61 Å². The number of nitrogens with zero attached hydrogens (tertiary/aromatic N) is 1. The van der Waals surface area contributed by atoms with Crippen LogP contribution in [0.1, 0.15) is 36.3 Å². The average Bonchev–Trinajstić information content (AvgIpc) is 2.36. The lowest BCUT2D eigenvalue weighted by Gasteiger charge is -2.31. The van der Waals surface area contributed by atoms with Gasteiger partial charge in [0.2, 0.25) is 0 Å². The van der Waals surface area contributed by atoms with E-state index in [-0.39, 0.29) is 12.7 Å². The SMILES string of the molecule is C[C@H](O)CO[C@H]1CCc2nc(C(F)(F)F)ccc2[C@H]1N. The Morgan fingerprint density at radius 3 is 2.80 bits per heavy atom. The van der Waals surface area contributed by atoms with Crippen molar-refractivity contribution in [3.63, 3.8) is 0 Å². The first-order valence-corrected chi connectivity index (χ1v) is 6.41. The molecule has 3 atom stereocenters. The average molecular weight is 290 g/mol. The van der Waals surface area contributed by atoms with Gasteiger partial charge >= 0.3 is 6.18 Å². The highest BCUT2D eigenvalue weighted by Crippen LogP contribution is 2.33. The maximum atomic E-state index is 12.6. The first-order valence-electron chi connectivity index (χ1n) is 6.41. The number of alkyl halides is 3. The molecule has 0 spiro atoms. The van der Waals surface area contributed by atoms with E-state index in [1.54, 1.807) is 6.92 Å². The van der Waals surface area contributed by atoms with Gasteiger partial charge < -0.3 is 15.6 Å². The van der Waals surface area contributed by atoms with Crippen LogP contribution in [0.4, 0.5) is 13.2 Å². The monoisotopic (exact) mass is 290 g/mol. The van der Waals surface area contributed by atoms with Crippen molar-refractivity contribution in [2.45, 2.75) is 44.2 Å². The van der Waals surface area contributed by atoms with E-state index in [4.69, 9.17) is 10.5 Å². The predicted octanol–water partition coefficient (Wildman–Crippen LogP) is 1.81. The fraction of sp³-hybridized carbons (Fsp3) is 0.615. The zero-order valence-electron chi connectivity index (χ0n) is 11.0. The van der Waals surface area contributed by atoms with E-state index in [0.717, 1.165) is 6.07 Å². The number of halogens is 3. The third-order valence-corrected chi connectivity index (χ3v) is 3.28. The van der Waals surface area contributed by atoms with Crippen molar-refractivity contribution in [1.29, 1.82) is 0 Å². The molecule has 7 heteroatoms. The predicted molar refractivity (Wildman–Crippen MR) is 65.9 cm³/mol. The minimum atomic E-state index is -4.45. The third-order valence-electron chi connectivity index (χ3n) is 3.28. The molecular formula is C13H17F3N2O2. The number of ether oxygens (including phenoxy) is 1. The summed E-state index contributed by atoms with van der Waals surface area (Å²) in [5, 5.41) is 9.19. The molecule has 20 heavy (non-hydrogen) atoms. The van der Waals surface area contributed by atoms with Gasteiger partial charge in [-0.2, -0.15) is 13.2 Å². The fourth-order valence-corrected chi connectivity index (χ4v) is 2.28. The minimum absolute atomic E-state index is 0.155. The van der Waals surface area contributed by atoms with E-state index in [1.165, 1.54) is 6.07 Å². The van der Waals surface area contributed by atoms with Gasteiger partial charge in [-0.05, 0) is 31.4 Å². The van der Waals surface area contributed by atoms with E-state index in [2.05, 4.69) is 4.98 Å². The van der Waals surface area contributed by atoms with Gasteiger partial charge in [0.25, 0.3) is 0 Å². The van der Waals surface area contributed by atoms with Gasteiger partial charge in [-0.15, -0.1) is 0 Å². The molecule has 1 aromatic heterocycles. The number of nitrogens with two attached hydrogens (primary N) is 1. The Morgan fingerprint density at radius 1 is 1.50 bits per heavy atom. The van der Waals surface area contributed by atoms with Crippen molar-refractivity contribution in [3.05, 3.63) is 29.1 Å². The number of rotatable bonds is 3.